The molecule has 0 saturated carbocycles. The Morgan fingerprint density at radius 2 is 1.79 bits per heavy atom. The second-order valence-corrected chi connectivity index (χ2v) is 8.65. The van der Waals surface area contributed by atoms with E-state index in [4.69, 9.17) is 41.8 Å². The van der Waals surface area contributed by atoms with E-state index in [1.807, 2.05) is 23.1 Å². The second-order valence-electron chi connectivity index (χ2n) is 7.86. The summed E-state index contributed by atoms with van der Waals surface area (Å²) < 4.78 is 22.2. The van der Waals surface area contributed by atoms with Crippen molar-refractivity contribution in [3.8, 4) is 17.2 Å². The number of carbonyl (C=O) groups excluding carboxylic acids is 1. The molecule has 0 bridgehead atoms. The van der Waals surface area contributed by atoms with Crippen LogP contribution in [0, 0.1) is 0 Å². The van der Waals surface area contributed by atoms with Gasteiger partial charge in [-0.05, 0) is 42.0 Å². The van der Waals surface area contributed by atoms with Crippen molar-refractivity contribution in [1.82, 2.24) is 9.80 Å². The first-order valence-electron chi connectivity index (χ1n) is 10.6. The Morgan fingerprint density at radius 3 is 2.64 bits per heavy atom. The number of ether oxygens (including phenoxy) is 3. The number of piperazine rings is 1. The molecule has 2 aliphatic rings. The molecule has 1 fully saturated rings. The summed E-state index contributed by atoms with van der Waals surface area (Å²) in [6.07, 6.45) is 0. The van der Waals surface area contributed by atoms with Crippen molar-refractivity contribution in [2.75, 3.05) is 33.0 Å². The number of carbonyl (C=O) groups is 1. The molecule has 5 rings (SSSR count). The minimum absolute atomic E-state index is 0.121. The average molecular weight is 489 g/mol. The van der Waals surface area contributed by atoms with E-state index < -0.39 is 0 Å². The van der Waals surface area contributed by atoms with Gasteiger partial charge >= 0.3 is 0 Å². The molecule has 3 heterocycles. The SMILES string of the molecule is O=C(c1ccc(COc2cccc(Cl)c2Cl)o1)N1CCN(Cc2ccc3c(c2)OCO3)CC1. The van der Waals surface area contributed by atoms with Gasteiger partial charge in [0, 0.05) is 32.7 Å². The maximum Gasteiger partial charge on any atom is 0.289 e. The van der Waals surface area contributed by atoms with E-state index in [1.165, 1.54) is 0 Å². The lowest BCUT2D eigenvalue weighted by molar-refractivity contribution is 0.0594. The van der Waals surface area contributed by atoms with Gasteiger partial charge in [-0.25, -0.2) is 0 Å². The molecule has 9 heteroatoms. The van der Waals surface area contributed by atoms with Crippen molar-refractivity contribution < 1.29 is 23.4 Å². The molecule has 1 aromatic heterocycles. The van der Waals surface area contributed by atoms with Crippen LogP contribution in [0.25, 0.3) is 0 Å². The summed E-state index contributed by atoms with van der Waals surface area (Å²) >= 11 is 12.1. The Balaban J connectivity index is 1.13. The molecule has 0 N–H and O–H groups in total. The molecule has 2 aliphatic heterocycles. The molecule has 0 atom stereocenters. The predicted molar refractivity (Wildman–Crippen MR) is 123 cm³/mol. The zero-order valence-electron chi connectivity index (χ0n) is 17.8. The number of hydrogen-bond donors (Lipinski definition) is 0. The molecule has 0 aliphatic carbocycles. The zero-order valence-corrected chi connectivity index (χ0v) is 19.3. The van der Waals surface area contributed by atoms with Crippen LogP contribution in [-0.2, 0) is 13.2 Å². The van der Waals surface area contributed by atoms with Crippen molar-refractivity contribution in [1.29, 1.82) is 0 Å². The highest BCUT2D eigenvalue weighted by Crippen LogP contribution is 2.33. The molecule has 2 aromatic carbocycles. The van der Waals surface area contributed by atoms with E-state index in [0.29, 0.717) is 40.4 Å². The van der Waals surface area contributed by atoms with Crippen molar-refractivity contribution in [2.24, 2.45) is 0 Å². The van der Waals surface area contributed by atoms with E-state index in [0.717, 1.165) is 36.7 Å². The largest absolute Gasteiger partial charge is 0.484 e. The highest BCUT2D eigenvalue weighted by Gasteiger charge is 2.25. The number of amides is 1. The zero-order chi connectivity index (χ0) is 22.8. The van der Waals surface area contributed by atoms with Crippen molar-refractivity contribution in [2.45, 2.75) is 13.2 Å². The molecule has 1 amide bonds. The van der Waals surface area contributed by atoms with E-state index in [-0.39, 0.29) is 19.3 Å². The lowest BCUT2D eigenvalue weighted by Crippen LogP contribution is -2.48. The third kappa shape index (κ3) is 4.90. The molecule has 172 valence electrons. The van der Waals surface area contributed by atoms with Gasteiger partial charge in [-0.15, -0.1) is 0 Å². The normalized spacial score (nSPS) is 15.6. The number of nitrogens with zero attached hydrogens (tertiary/aromatic N) is 2. The van der Waals surface area contributed by atoms with Crippen LogP contribution in [0.3, 0.4) is 0 Å². The number of fused-ring (bicyclic) bond motifs is 1. The first kappa shape index (κ1) is 21.9. The molecule has 1 saturated heterocycles. The topological polar surface area (TPSA) is 64.4 Å². The highest BCUT2D eigenvalue weighted by molar-refractivity contribution is 6.42. The maximum absolute atomic E-state index is 12.9. The van der Waals surface area contributed by atoms with Crippen LogP contribution in [0.2, 0.25) is 10.0 Å². The third-order valence-electron chi connectivity index (χ3n) is 5.66. The summed E-state index contributed by atoms with van der Waals surface area (Å²) in [6, 6.07) is 14.6. The van der Waals surface area contributed by atoms with Crippen molar-refractivity contribution >= 4 is 29.1 Å². The molecule has 0 unspecified atom stereocenters. The maximum atomic E-state index is 12.9. The smallest absolute Gasteiger partial charge is 0.289 e. The minimum Gasteiger partial charge on any atom is -0.484 e. The predicted octanol–water partition coefficient (Wildman–Crippen LogP) is 4.85. The van der Waals surface area contributed by atoms with Crippen LogP contribution in [0.15, 0.2) is 52.9 Å². The van der Waals surface area contributed by atoms with E-state index in [9.17, 15) is 4.79 Å². The number of halogens is 2. The minimum atomic E-state index is -0.121. The quantitative estimate of drug-likeness (QED) is 0.493. The van der Waals surface area contributed by atoms with Gasteiger partial charge in [-0.2, -0.15) is 0 Å². The lowest BCUT2D eigenvalue weighted by atomic mass is 10.1. The van der Waals surface area contributed by atoms with Crippen LogP contribution in [-0.4, -0.2) is 48.7 Å². The summed E-state index contributed by atoms with van der Waals surface area (Å²) in [5, 5.41) is 0.766. The standard InChI is InChI=1S/C24H22Cl2N2O5/c25-18-2-1-3-20(23(18)26)30-14-17-5-7-21(33-17)24(29)28-10-8-27(9-11-28)13-16-4-6-19-22(12-16)32-15-31-19/h1-7,12H,8-11,13-15H2. The van der Waals surface area contributed by atoms with Gasteiger partial charge in [0.15, 0.2) is 17.3 Å². The summed E-state index contributed by atoms with van der Waals surface area (Å²) in [5.41, 5.74) is 1.16. The molecule has 33 heavy (non-hydrogen) atoms. The number of furan rings is 1. The van der Waals surface area contributed by atoms with Crippen LogP contribution >= 0.6 is 23.2 Å². The van der Waals surface area contributed by atoms with Gasteiger partial charge in [0.2, 0.25) is 6.79 Å². The van der Waals surface area contributed by atoms with Gasteiger partial charge in [0.05, 0.1) is 5.02 Å². The van der Waals surface area contributed by atoms with Gasteiger partial charge in [0.1, 0.15) is 23.1 Å². The summed E-state index contributed by atoms with van der Waals surface area (Å²) in [6.45, 7) is 4.05. The van der Waals surface area contributed by atoms with Gasteiger partial charge in [-0.3, -0.25) is 9.69 Å². The van der Waals surface area contributed by atoms with E-state index in [1.54, 1.807) is 30.3 Å². The molecule has 7 nitrogen and oxygen atoms in total. The Kier molecular flexibility index (Phi) is 6.35. The Bertz CT molecular complexity index is 1160. The van der Waals surface area contributed by atoms with Crippen LogP contribution in [0.1, 0.15) is 21.9 Å². The van der Waals surface area contributed by atoms with E-state index >= 15 is 0 Å². The summed E-state index contributed by atoms with van der Waals surface area (Å²) in [7, 11) is 0. The number of benzene rings is 2. The summed E-state index contributed by atoms with van der Waals surface area (Å²) in [4.78, 5) is 17.0. The lowest BCUT2D eigenvalue weighted by Gasteiger charge is -2.34. The van der Waals surface area contributed by atoms with Gasteiger partial charge in [0.25, 0.3) is 5.91 Å². The molecule has 0 radical (unpaired) electrons. The number of hydrogen-bond acceptors (Lipinski definition) is 6. The van der Waals surface area contributed by atoms with Crippen LogP contribution in [0.4, 0.5) is 0 Å². The monoisotopic (exact) mass is 488 g/mol. The molecule has 3 aromatic rings. The average Bonchev–Trinajstić information content (AvgIpc) is 3.49. The van der Waals surface area contributed by atoms with Crippen molar-refractivity contribution in [3.63, 3.8) is 0 Å². The second kappa shape index (κ2) is 9.55. The number of rotatable bonds is 6. The Hall–Kier alpha value is -2.87. The van der Waals surface area contributed by atoms with Crippen molar-refractivity contribution in [3.05, 3.63) is 75.7 Å². The fraction of sp³-hybridized carbons (Fsp3) is 0.292. The highest BCUT2D eigenvalue weighted by atomic mass is 35.5. The van der Waals surface area contributed by atoms with Gasteiger partial charge < -0.3 is 23.5 Å². The van der Waals surface area contributed by atoms with Crippen LogP contribution in [0.5, 0.6) is 17.2 Å². The molecule has 0 spiro atoms. The molecular formula is C24H22Cl2N2O5. The van der Waals surface area contributed by atoms with Crippen LogP contribution < -0.4 is 14.2 Å². The summed E-state index contributed by atoms with van der Waals surface area (Å²) in [5.74, 6) is 2.76. The Labute approximate surface area is 201 Å². The first-order valence-corrected chi connectivity index (χ1v) is 11.4. The van der Waals surface area contributed by atoms with Gasteiger partial charge in [-0.1, -0.05) is 35.3 Å². The molecular weight excluding hydrogens is 467 g/mol. The Morgan fingerprint density at radius 1 is 0.970 bits per heavy atom. The fourth-order valence-electron chi connectivity index (χ4n) is 3.88. The van der Waals surface area contributed by atoms with E-state index in [2.05, 4.69) is 4.90 Å². The third-order valence-corrected chi connectivity index (χ3v) is 6.46. The fourth-order valence-corrected chi connectivity index (χ4v) is 4.22. The first-order chi connectivity index (χ1) is 16.1.